The molecule has 7 nitrogen and oxygen atoms in total. The number of nitrogens with one attached hydrogen (secondary N) is 1. The quantitative estimate of drug-likeness (QED) is 0.771. The van der Waals surface area contributed by atoms with Gasteiger partial charge in [-0.1, -0.05) is 0 Å². The largest absolute Gasteiger partial charge is 0.376 e. The van der Waals surface area contributed by atoms with E-state index in [-0.39, 0.29) is 11.7 Å². The van der Waals surface area contributed by atoms with Crippen LogP contribution in [0.15, 0.2) is 17.1 Å². The van der Waals surface area contributed by atoms with Gasteiger partial charge in [0.2, 0.25) is 0 Å². The fourth-order valence-electron chi connectivity index (χ4n) is 2.49. The summed E-state index contributed by atoms with van der Waals surface area (Å²) >= 11 is 0. The molecule has 0 aromatic carbocycles. The molecule has 0 radical (unpaired) electrons. The SMILES string of the molecule is O=c1cc(N2CCNCC2)cnn1CC1COCCO1. The highest BCUT2D eigenvalue weighted by Crippen LogP contribution is 2.10. The number of nitrogens with zero attached hydrogens (tertiary/aromatic N) is 3. The van der Waals surface area contributed by atoms with E-state index in [1.54, 1.807) is 12.3 Å². The Hall–Kier alpha value is -1.44. The molecular weight excluding hydrogens is 260 g/mol. The standard InChI is InChI=1S/C13H20N4O3/c18-13-7-11(16-3-1-14-2-4-16)8-15-17(13)9-12-10-19-5-6-20-12/h7-8,12,14H,1-6,9-10H2. The summed E-state index contributed by atoms with van der Waals surface area (Å²) < 4.78 is 12.3. The van der Waals surface area contributed by atoms with Gasteiger partial charge < -0.3 is 19.7 Å². The van der Waals surface area contributed by atoms with E-state index in [9.17, 15) is 4.79 Å². The van der Waals surface area contributed by atoms with E-state index < -0.39 is 0 Å². The molecule has 3 rings (SSSR count). The molecule has 1 unspecified atom stereocenters. The van der Waals surface area contributed by atoms with Gasteiger partial charge >= 0.3 is 0 Å². The molecule has 110 valence electrons. The van der Waals surface area contributed by atoms with Gasteiger partial charge in [-0.25, -0.2) is 4.68 Å². The van der Waals surface area contributed by atoms with Gasteiger partial charge in [0.25, 0.3) is 5.56 Å². The molecule has 3 heterocycles. The Morgan fingerprint density at radius 2 is 2.20 bits per heavy atom. The Kier molecular flexibility index (Phi) is 4.29. The minimum absolute atomic E-state index is 0.0843. The molecule has 2 saturated heterocycles. The second-order valence-corrected chi connectivity index (χ2v) is 5.04. The summed E-state index contributed by atoms with van der Waals surface area (Å²) in [5.41, 5.74) is 0.809. The van der Waals surface area contributed by atoms with E-state index in [0.29, 0.717) is 26.4 Å². The number of anilines is 1. The number of hydrogen-bond acceptors (Lipinski definition) is 6. The van der Waals surface area contributed by atoms with Crippen LogP contribution in [0.2, 0.25) is 0 Å². The van der Waals surface area contributed by atoms with Gasteiger partial charge in [-0.05, 0) is 0 Å². The number of aromatic nitrogens is 2. The van der Waals surface area contributed by atoms with Crippen LogP contribution in [-0.4, -0.2) is 61.9 Å². The van der Waals surface area contributed by atoms with Crippen molar-refractivity contribution in [1.29, 1.82) is 0 Å². The molecule has 0 spiro atoms. The lowest BCUT2D eigenvalue weighted by Gasteiger charge is -2.29. The average molecular weight is 280 g/mol. The first-order valence-corrected chi connectivity index (χ1v) is 7.05. The molecule has 20 heavy (non-hydrogen) atoms. The van der Waals surface area contributed by atoms with E-state index in [1.807, 2.05) is 0 Å². The van der Waals surface area contributed by atoms with Crippen molar-refractivity contribution in [1.82, 2.24) is 15.1 Å². The van der Waals surface area contributed by atoms with E-state index in [0.717, 1.165) is 31.9 Å². The Balaban J connectivity index is 1.68. The van der Waals surface area contributed by atoms with Crippen LogP contribution < -0.4 is 15.8 Å². The van der Waals surface area contributed by atoms with E-state index in [2.05, 4.69) is 15.3 Å². The Labute approximate surface area is 117 Å². The minimum atomic E-state index is -0.0878. The second kappa shape index (κ2) is 6.34. The van der Waals surface area contributed by atoms with E-state index in [4.69, 9.17) is 9.47 Å². The molecular formula is C13H20N4O3. The predicted octanol–water partition coefficient (Wildman–Crippen LogP) is -0.932. The lowest BCUT2D eigenvalue weighted by molar-refractivity contribution is -0.0950. The Bertz CT molecular complexity index is 493. The van der Waals surface area contributed by atoms with Crippen molar-refractivity contribution in [3.63, 3.8) is 0 Å². The summed E-state index contributed by atoms with van der Waals surface area (Å²) in [5.74, 6) is 0. The molecule has 0 aliphatic carbocycles. The van der Waals surface area contributed by atoms with Crippen molar-refractivity contribution in [2.75, 3.05) is 50.9 Å². The predicted molar refractivity (Wildman–Crippen MR) is 74.1 cm³/mol. The number of hydrogen-bond donors (Lipinski definition) is 1. The van der Waals surface area contributed by atoms with Crippen LogP contribution in [0.5, 0.6) is 0 Å². The van der Waals surface area contributed by atoms with Crippen molar-refractivity contribution < 1.29 is 9.47 Å². The van der Waals surface area contributed by atoms with Crippen molar-refractivity contribution in [3.05, 3.63) is 22.6 Å². The fourth-order valence-corrected chi connectivity index (χ4v) is 2.49. The van der Waals surface area contributed by atoms with Crippen molar-refractivity contribution >= 4 is 5.69 Å². The van der Waals surface area contributed by atoms with E-state index in [1.165, 1.54) is 4.68 Å². The van der Waals surface area contributed by atoms with Crippen molar-refractivity contribution in [2.24, 2.45) is 0 Å². The molecule has 0 bridgehead atoms. The third-order valence-corrected chi connectivity index (χ3v) is 3.60. The van der Waals surface area contributed by atoms with Crippen LogP contribution in [0.1, 0.15) is 0 Å². The maximum absolute atomic E-state index is 12.1. The van der Waals surface area contributed by atoms with Crippen LogP contribution in [0.25, 0.3) is 0 Å². The highest BCUT2D eigenvalue weighted by Gasteiger charge is 2.17. The third-order valence-electron chi connectivity index (χ3n) is 3.60. The van der Waals surface area contributed by atoms with Gasteiger partial charge in [-0.15, -0.1) is 0 Å². The normalized spacial score (nSPS) is 23.8. The van der Waals surface area contributed by atoms with Gasteiger partial charge in [0.1, 0.15) is 6.10 Å². The first-order valence-electron chi connectivity index (χ1n) is 7.05. The molecule has 1 aromatic heterocycles. The Morgan fingerprint density at radius 3 is 2.90 bits per heavy atom. The average Bonchev–Trinajstić information content (AvgIpc) is 2.51. The third kappa shape index (κ3) is 3.17. The van der Waals surface area contributed by atoms with Crippen LogP contribution in [-0.2, 0) is 16.0 Å². The topological polar surface area (TPSA) is 68.6 Å². The zero-order chi connectivity index (χ0) is 13.8. The molecule has 2 aliphatic heterocycles. The first-order chi connectivity index (χ1) is 9.83. The highest BCUT2D eigenvalue weighted by molar-refractivity contribution is 5.43. The number of rotatable bonds is 3. The summed E-state index contributed by atoms with van der Waals surface area (Å²) in [7, 11) is 0. The lowest BCUT2D eigenvalue weighted by atomic mass is 10.3. The van der Waals surface area contributed by atoms with Crippen LogP contribution in [0.3, 0.4) is 0 Å². The van der Waals surface area contributed by atoms with Crippen LogP contribution in [0, 0.1) is 0 Å². The number of piperazine rings is 1. The summed E-state index contributed by atoms with van der Waals surface area (Å²) in [6.45, 7) is 5.87. The summed E-state index contributed by atoms with van der Waals surface area (Å²) in [5, 5.41) is 7.54. The van der Waals surface area contributed by atoms with Crippen LogP contribution >= 0.6 is 0 Å². The van der Waals surface area contributed by atoms with Crippen molar-refractivity contribution in [3.8, 4) is 0 Å². The van der Waals surface area contributed by atoms with Crippen molar-refractivity contribution in [2.45, 2.75) is 12.6 Å². The molecule has 1 atom stereocenters. The van der Waals surface area contributed by atoms with Gasteiger partial charge in [0.05, 0.1) is 38.2 Å². The van der Waals surface area contributed by atoms with Gasteiger partial charge in [-0.3, -0.25) is 4.79 Å². The maximum Gasteiger partial charge on any atom is 0.268 e. The first kappa shape index (κ1) is 13.5. The monoisotopic (exact) mass is 280 g/mol. The van der Waals surface area contributed by atoms with Crippen LogP contribution in [0.4, 0.5) is 5.69 Å². The summed E-state index contributed by atoms with van der Waals surface area (Å²) in [6.07, 6.45) is 1.68. The molecule has 0 saturated carbocycles. The summed E-state index contributed by atoms with van der Waals surface area (Å²) in [4.78, 5) is 14.3. The van der Waals surface area contributed by atoms with Gasteiger partial charge in [0, 0.05) is 32.2 Å². The Morgan fingerprint density at radius 1 is 1.35 bits per heavy atom. The highest BCUT2D eigenvalue weighted by atomic mass is 16.6. The molecule has 0 amide bonds. The van der Waals surface area contributed by atoms with Gasteiger partial charge in [0.15, 0.2) is 0 Å². The zero-order valence-corrected chi connectivity index (χ0v) is 11.5. The maximum atomic E-state index is 12.1. The van der Waals surface area contributed by atoms with E-state index >= 15 is 0 Å². The smallest absolute Gasteiger partial charge is 0.268 e. The van der Waals surface area contributed by atoms with Gasteiger partial charge in [-0.2, -0.15) is 5.10 Å². The fraction of sp³-hybridized carbons (Fsp3) is 0.692. The molecule has 2 aliphatic rings. The summed E-state index contributed by atoms with van der Waals surface area (Å²) in [6, 6.07) is 1.65. The molecule has 2 fully saturated rings. The minimum Gasteiger partial charge on any atom is -0.376 e. The lowest BCUT2D eigenvalue weighted by Crippen LogP contribution is -2.44. The number of ether oxygens (including phenoxy) is 2. The second-order valence-electron chi connectivity index (χ2n) is 5.04. The molecule has 1 aromatic rings. The molecule has 7 heteroatoms. The zero-order valence-electron chi connectivity index (χ0n) is 11.5. The molecule has 1 N–H and O–H groups in total.